The Morgan fingerprint density at radius 3 is 2.42 bits per heavy atom. The van der Waals surface area contributed by atoms with E-state index in [0.717, 1.165) is 16.9 Å². The fraction of sp³-hybridized carbons (Fsp3) is 0.474. The average Bonchev–Trinajstić information content (AvgIpc) is 2.51. The molecular weight excluding hydrogens is 308 g/mol. The summed E-state index contributed by atoms with van der Waals surface area (Å²) in [5.74, 6) is 0.107. The van der Waals surface area contributed by atoms with E-state index in [2.05, 4.69) is 4.74 Å². The molecule has 0 aliphatic carbocycles. The molecule has 0 N–H and O–H groups in total. The molecule has 0 radical (unpaired) electrons. The van der Waals surface area contributed by atoms with Crippen LogP contribution in [-0.4, -0.2) is 31.8 Å². The second-order valence-electron chi connectivity index (χ2n) is 6.35. The van der Waals surface area contributed by atoms with Crippen molar-refractivity contribution in [3.8, 4) is 5.75 Å². The van der Waals surface area contributed by atoms with Crippen LogP contribution >= 0.6 is 0 Å². The molecule has 1 aromatic rings. The van der Waals surface area contributed by atoms with E-state index in [1.807, 2.05) is 39.0 Å². The maximum atomic E-state index is 11.9. The molecule has 0 aromatic heterocycles. The summed E-state index contributed by atoms with van der Waals surface area (Å²) in [7, 11) is 2.94. The Hall–Kier alpha value is -2.30. The first-order chi connectivity index (χ1) is 11.2. The van der Waals surface area contributed by atoms with Crippen molar-refractivity contribution < 1.29 is 23.8 Å². The van der Waals surface area contributed by atoms with Gasteiger partial charge in [-0.1, -0.05) is 12.1 Å². The zero-order chi connectivity index (χ0) is 18.2. The maximum Gasteiger partial charge on any atom is 0.330 e. The van der Waals surface area contributed by atoms with E-state index in [4.69, 9.17) is 9.47 Å². The van der Waals surface area contributed by atoms with Crippen molar-refractivity contribution in [2.75, 3.05) is 14.2 Å². The molecule has 132 valence electrons. The zero-order valence-corrected chi connectivity index (χ0v) is 15.0. The van der Waals surface area contributed by atoms with Crippen molar-refractivity contribution >= 4 is 11.9 Å². The van der Waals surface area contributed by atoms with Gasteiger partial charge < -0.3 is 14.2 Å². The number of aryl methyl sites for hydroxylation is 1. The second kappa shape index (κ2) is 9.11. The van der Waals surface area contributed by atoms with E-state index in [1.54, 1.807) is 13.2 Å². The number of esters is 2. The van der Waals surface area contributed by atoms with Gasteiger partial charge in [0.1, 0.15) is 11.4 Å². The Bertz CT molecular complexity index is 596. The highest BCUT2D eigenvalue weighted by atomic mass is 16.6. The maximum absolute atomic E-state index is 11.9. The van der Waals surface area contributed by atoms with Gasteiger partial charge in [-0.3, -0.25) is 4.79 Å². The van der Waals surface area contributed by atoms with Crippen LogP contribution < -0.4 is 4.74 Å². The Kier molecular flexibility index (Phi) is 7.49. The zero-order valence-electron chi connectivity index (χ0n) is 15.0. The number of benzene rings is 1. The summed E-state index contributed by atoms with van der Waals surface area (Å²) in [6.07, 6.45) is 4.54. The summed E-state index contributed by atoms with van der Waals surface area (Å²) in [6.45, 7) is 5.54. The van der Waals surface area contributed by atoms with Crippen LogP contribution in [0.2, 0.25) is 0 Å². The topological polar surface area (TPSA) is 61.8 Å². The first-order valence-corrected chi connectivity index (χ1v) is 7.87. The molecule has 0 spiro atoms. The van der Waals surface area contributed by atoms with Gasteiger partial charge in [0.15, 0.2) is 0 Å². The quantitative estimate of drug-likeness (QED) is 0.566. The molecule has 0 unspecified atom stereocenters. The minimum atomic E-state index is -0.489. The Balaban J connectivity index is 2.80. The minimum Gasteiger partial charge on any atom is -0.497 e. The van der Waals surface area contributed by atoms with Crippen LogP contribution in [0.25, 0.3) is 0 Å². The molecule has 5 heteroatoms. The summed E-state index contributed by atoms with van der Waals surface area (Å²) >= 11 is 0. The summed E-state index contributed by atoms with van der Waals surface area (Å²) in [6, 6.07) is 5.70. The van der Waals surface area contributed by atoms with Gasteiger partial charge in [0, 0.05) is 12.5 Å². The molecule has 0 bridgehead atoms. The third-order valence-electron chi connectivity index (χ3n) is 3.22. The van der Waals surface area contributed by atoms with Crippen LogP contribution in [0.3, 0.4) is 0 Å². The monoisotopic (exact) mass is 334 g/mol. The fourth-order valence-corrected chi connectivity index (χ4v) is 2.14. The number of carbonyl (C=O) groups is 2. The number of hydrogen-bond donors (Lipinski definition) is 0. The molecule has 0 aliphatic heterocycles. The molecule has 24 heavy (non-hydrogen) atoms. The van der Waals surface area contributed by atoms with Crippen LogP contribution in [0.1, 0.15) is 38.3 Å². The van der Waals surface area contributed by atoms with Gasteiger partial charge in [-0.25, -0.2) is 4.79 Å². The number of carbonyl (C=O) groups excluding carboxylic acids is 2. The highest BCUT2D eigenvalue weighted by Crippen LogP contribution is 2.21. The van der Waals surface area contributed by atoms with Gasteiger partial charge in [-0.2, -0.15) is 0 Å². The van der Waals surface area contributed by atoms with Gasteiger partial charge in [-0.05, 0) is 56.9 Å². The normalized spacial score (nSPS) is 11.4. The van der Waals surface area contributed by atoms with E-state index in [9.17, 15) is 9.59 Å². The number of methoxy groups -OCH3 is 2. The standard InChI is InChI=1S/C19H26O5/c1-19(2,3)24-18(21)12-10-15-13-16(22-4)11-9-14(15)7-6-8-17(20)23-5/h6,8-9,11,13H,7,10,12H2,1-5H3/b8-6+. The third kappa shape index (κ3) is 7.31. The fourth-order valence-electron chi connectivity index (χ4n) is 2.14. The molecule has 0 amide bonds. The molecule has 1 aromatic carbocycles. The van der Waals surface area contributed by atoms with Crippen molar-refractivity contribution in [1.29, 1.82) is 0 Å². The lowest BCUT2D eigenvalue weighted by molar-refractivity contribution is -0.154. The Morgan fingerprint density at radius 1 is 1.12 bits per heavy atom. The second-order valence-corrected chi connectivity index (χ2v) is 6.35. The molecule has 0 heterocycles. The van der Waals surface area contributed by atoms with E-state index in [1.165, 1.54) is 13.2 Å². The van der Waals surface area contributed by atoms with Gasteiger partial charge in [0.05, 0.1) is 14.2 Å². The van der Waals surface area contributed by atoms with E-state index in [0.29, 0.717) is 12.8 Å². The van der Waals surface area contributed by atoms with Crippen molar-refractivity contribution in [3.63, 3.8) is 0 Å². The summed E-state index contributed by atoms with van der Waals surface area (Å²) < 4.78 is 15.2. The third-order valence-corrected chi connectivity index (χ3v) is 3.22. The average molecular weight is 334 g/mol. The molecular formula is C19H26O5. The lowest BCUT2D eigenvalue weighted by Gasteiger charge is -2.19. The van der Waals surface area contributed by atoms with Gasteiger partial charge in [0.25, 0.3) is 0 Å². The summed E-state index contributed by atoms with van der Waals surface area (Å²) in [5.41, 5.74) is 1.53. The van der Waals surface area contributed by atoms with Crippen molar-refractivity contribution in [2.45, 2.75) is 45.6 Å². The first-order valence-electron chi connectivity index (χ1n) is 7.87. The van der Waals surface area contributed by atoms with Gasteiger partial charge in [-0.15, -0.1) is 0 Å². The summed E-state index contributed by atoms with van der Waals surface area (Å²) in [5, 5.41) is 0. The number of allylic oxidation sites excluding steroid dienone is 1. The highest BCUT2D eigenvalue weighted by Gasteiger charge is 2.16. The van der Waals surface area contributed by atoms with Crippen LogP contribution in [-0.2, 0) is 31.9 Å². The molecule has 0 aliphatic rings. The predicted octanol–water partition coefficient (Wildman–Crippen LogP) is 3.24. The Morgan fingerprint density at radius 2 is 1.83 bits per heavy atom. The first kappa shape index (κ1) is 19.7. The minimum absolute atomic E-state index is 0.235. The van der Waals surface area contributed by atoms with Crippen molar-refractivity contribution in [3.05, 3.63) is 41.5 Å². The SMILES string of the molecule is COC(=O)/C=C/Cc1ccc(OC)cc1CCC(=O)OC(C)(C)C. The van der Waals surface area contributed by atoms with Crippen LogP contribution in [0.5, 0.6) is 5.75 Å². The number of hydrogen-bond acceptors (Lipinski definition) is 5. The number of ether oxygens (including phenoxy) is 3. The molecule has 0 fully saturated rings. The molecule has 0 saturated carbocycles. The predicted molar refractivity (Wildman–Crippen MR) is 92.0 cm³/mol. The van der Waals surface area contributed by atoms with Gasteiger partial charge in [0.2, 0.25) is 0 Å². The molecule has 1 rings (SSSR count). The van der Waals surface area contributed by atoms with Gasteiger partial charge >= 0.3 is 11.9 Å². The van der Waals surface area contributed by atoms with Crippen molar-refractivity contribution in [2.24, 2.45) is 0 Å². The molecule has 0 saturated heterocycles. The molecule has 0 atom stereocenters. The molecule has 5 nitrogen and oxygen atoms in total. The van der Waals surface area contributed by atoms with E-state index < -0.39 is 5.60 Å². The lowest BCUT2D eigenvalue weighted by Crippen LogP contribution is -2.24. The number of rotatable bonds is 7. The largest absolute Gasteiger partial charge is 0.497 e. The Labute approximate surface area is 143 Å². The smallest absolute Gasteiger partial charge is 0.330 e. The summed E-state index contributed by atoms with van der Waals surface area (Å²) in [4.78, 5) is 23.1. The highest BCUT2D eigenvalue weighted by molar-refractivity contribution is 5.81. The van der Waals surface area contributed by atoms with Crippen molar-refractivity contribution in [1.82, 2.24) is 0 Å². The van der Waals surface area contributed by atoms with Crippen LogP contribution in [0.15, 0.2) is 30.4 Å². The van der Waals surface area contributed by atoms with E-state index >= 15 is 0 Å². The van der Waals surface area contributed by atoms with Crippen LogP contribution in [0.4, 0.5) is 0 Å². The van der Waals surface area contributed by atoms with Crippen LogP contribution in [0, 0.1) is 0 Å². The lowest BCUT2D eigenvalue weighted by atomic mass is 9.99. The van der Waals surface area contributed by atoms with E-state index in [-0.39, 0.29) is 18.4 Å².